The van der Waals surface area contributed by atoms with Crippen LogP contribution in [0.25, 0.3) is 0 Å². The van der Waals surface area contributed by atoms with Gasteiger partial charge in [-0.25, -0.2) is 9.59 Å². The summed E-state index contributed by atoms with van der Waals surface area (Å²) in [6.07, 6.45) is 6.86. The van der Waals surface area contributed by atoms with E-state index < -0.39 is 17.9 Å². The number of carbonyl (C=O) groups is 3. The van der Waals surface area contributed by atoms with Gasteiger partial charge in [0.05, 0.1) is 5.97 Å². The summed E-state index contributed by atoms with van der Waals surface area (Å²) in [5.41, 5.74) is 0. The van der Waals surface area contributed by atoms with Gasteiger partial charge in [0.15, 0.2) is 0 Å². The summed E-state index contributed by atoms with van der Waals surface area (Å²) >= 11 is 0. The molecule has 6 nitrogen and oxygen atoms in total. The van der Waals surface area contributed by atoms with Crippen LogP contribution in [-0.4, -0.2) is 28.1 Å². The van der Waals surface area contributed by atoms with Crippen molar-refractivity contribution in [2.75, 3.05) is 0 Å². The van der Waals surface area contributed by atoms with E-state index in [0.717, 1.165) is 6.08 Å². The molecular weight excluding hydrogens is 255 g/mol. The number of allylic oxidation sites excluding steroid dienone is 3. The van der Waals surface area contributed by atoms with Gasteiger partial charge in [-0.2, -0.15) is 0 Å². The molecule has 0 bridgehead atoms. The van der Waals surface area contributed by atoms with Gasteiger partial charge in [0.2, 0.25) is 0 Å². The van der Waals surface area contributed by atoms with Crippen molar-refractivity contribution in [2.24, 2.45) is 0 Å². The number of carbonyl (C=O) groups excluding carboxylic acids is 1. The number of aliphatic carboxylic acids is 3. The fraction of sp³-hybridized carbons (Fsp3) is 0.100. The maximum Gasteiger partial charge on any atom is 1.00 e. The van der Waals surface area contributed by atoms with E-state index in [9.17, 15) is 19.5 Å². The Balaban J connectivity index is -0.000000218. The number of hydrogen-bond donors (Lipinski definition) is 2. The average Bonchev–Trinajstić information content (AvgIpc) is 2.16. The van der Waals surface area contributed by atoms with Crippen LogP contribution in [-0.2, 0) is 14.4 Å². The fourth-order valence-electron chi connectivity index (χ4n) is 0.388. The Morgan fingerprint density at radius 2 is 1.35 bits per heavy atom. The topological polar surface area (TPSA) is 115 Å². The van der Waals surface area contributed by atoms with Crippen LogP contribution < -0.4 is 56.5 Å². The molecule has 0 aliphatic rings. The SMILES string of the molecule is CC=CC=CC(=O)[O-].O=C(O)C=CC(=O)O.[K+]. The van der Waals surface area contributed by atoms with E-state index in [-0.39, 0.29) is 51.4 Å². The van der Waals surface area contributed by atoms with Crippen molar-refractivity contribution >= 4 is 17.9 Å². The van der Waals surface area contributed by atoms with Crippen LogP contribution in [0.3, 0.4) is 0 Å². The monoisotopic (exact) mass is 266 g/mol. The van der Waals surface area contributed by atoms with E-state index in [1.54, 1.807) is 19.1 Å². The number of rotatable bonds is 4. The standard InChI is InChI=1S/C6H8O2.C4H4O4.K/c1-2-3-4-5-6(7)8;5-3(6)1-2-4(7)8;/h2-5H,1H3,(H,7,8);1-2H,(H,5,6)(H,7,8);/q;;+1/p-1. The summed E-state index contributed by atoms with van der Waals surface area (Å²) in [4.78, 5) is 28.7. The van der Waals surface area contributed by atoms with Crippen LogP contribution >= 0.6 is 0 Å². The first kappa shape index (κ1) is 21.5. The predicted molar refractivity (Wildman–Crippen MR) is 53.4 cm³/mol. The minimum atomic E-state index is -1.26. The van der Waals surface area contributed by atoms with Crippen molar-refractivity contribution in [2.45, 2.75) is 6.92 Å². The summed E-state index contributed by atoms with van der Waals surface area (Å²) in [6.45, 7) is 1.81. The molecule has 0 atom stereocenters. The first-order valence-electron chi connectivity index (χ1n) is 4.04. The largest absolute Gasteiger partial charge is 1.00 e. The van der Waals surface area contributed by atoms with E-state index in [4.69, 9.17) is 10.2 Å². The minimum Gasteiger partial charge on any atom is -0.545 e. The second kappa shape index (κ2) is 15.3. The third kappa shape index (κ3) is 31.3. The summed E-state index contributed by atoms with van der Waals surface area (Å²) in [5, 5.41) is 25.3. The van der Waals surface area contributed by atoms with Gasteiger partial charge in [-0.3, -0.25) is 0 Å². The molecule has 0 unspecified atom stereocenters. The predicted octanol–water partition coefficient (Wildman–Crippen LogP) is -3.42. The first-order chi connectivity index (χ1) is 7.40. The van der Waals surface area contributed by atoms with Crippen molar-refractivity contribution in [3.05, 3.63) is 36.5 Å². The molecule has 0 aliphatic heterocycles. The number of carboxylic acid groups (broad SMARTS) is 3. The van der Waals surface area contributed by atoms with Gasteiger partial charge < -0.3 is 20.1 Å². The summed E-state index contributed by atoms with van der Waals surface area (Å²) in [7, 11) is 0. The fourth-order valence-corrected chi connectivity index (χ4v) is 0.388. The van der Waals surface area contributed by atoms with Crippen LogP contribution in [0.2, 0.25) is 0 Å². The molecule has 0 heterocycles. The van der Waals surface area contributed by atoms with Crippen molar-refractivity contribution in [1.82, 2.24) is 0 Å². The molecule has 2 N–H and O–H groups in total. The zero-order chi connectivity index (χ0) is 13.0. The van der Waals surface area contributed by atoms with E-state index in [2.05, 4.69) is 0 Å². The molecule has 0 aromatic carbocycles. The van der Waals surface area contributed by atoms with Crippen LogP contribution in [0, 0.1) is 0 Å². The molecule has 0 saturated carbocycles. The number of carboxylic acids is 3. The molecule has 0 radical (unpaired) electrons. The quantitative estimate of drug-likeness (QED) is 0.311. The molecule has 0 amide bonds. The third-order valence-electron chi connectivity index (χ3n) is 0.904. The van der Waals surface area contributed by atoms with E-state index in [1.165, 1.54) is 6.08 Å². The second-order valence-corrected chi connectivity index (χ2v) is 2.21. The molecule has 0 rings (SSSR count). The van der Waals surface area contributed by atoms with Crippen molar-refractivity contribution < 1.29 is 81.1 Å². The van der Waals surface area contributed by atoms with Crippen LogP contribution in [0.5, 0.6) is 0 Å². The molecule has 7 heteroatoms. The van der Waals surface area contributed by atoms with Crippen molar-refractivity contribution in [3.63, 3.8) is 0 Å². The van der Waals surface area contributed by atoms with Gasteiger partial charge in [0, 0.05) is 12.2 Å². The molecule has 17 heavy (non-hydrogen) atoms. The Kier molecular flexibility index (Phi) is 19.3. The Morgan fingerprint density at radius 1 is 0.941 bits per heavy atom. The zero-order valence-electron chi connectivity index (χ0n) is 9.49. The van der Waals surface area contributed by atoms with Gasteiger partial charge in [0.25, 0.3) is 0 Å². The molecular formula is C10H11KO6. The van der Waals surface area contributed by atoms with Crippen LogP contribution in [0.4, 0.5) is 0 Å². The normalized spacial score (nSPS) is 9.71. The van der Waals surface area contributed by atoms with E-state index in [0.29, 0.717) is 12.2 Å². The average molecular weight is 266 g/mol. The minimum absolute atomic E-state index is 0. The van der Waals surface area contributed by atoms with E-state index >= 15 is 0 Å². The van der Waals surface area contributed by atoms with Crippen molar-refractivity contribution in [1.29, 1.82) is 0 Å². The molecule has 0 aromatic rings. The summed E-state index contributed by atoms with van der Waals surface area (Å²) < 4.78 is 0. The van der Waals surface area contributed by atoms with Crippen LogP contribution in [0.1, 0.15) is 6.92 Å². The van der Waals surface area contributed by atoms with Crippen molar-refractivity contribution in [3.8, 4) is 0 Å². The summed E-state index contributed by atoms with van der Waals surface area (Å²) in [6, 6.07) is 0. The number of hydrogen-bond acceptors (Lipinski definition) is 4. The molecule has 0 saturated heterocycles. The maximum absolute atomic E-state index is 9.64. The molecule has 0 spiro atoms. The van der Waals surface area contributed by atoms with Gasteiger partial charge >= 0.3 is 63.3 Å². The smallest absolute Gasteiger partial charge is 0.545 e. The summed E-state index contributed by atoms with van der Waals surface area (Å²) in [5.74, 6) is -3.68. The molecule has 0 fully saturated rings. The Labute approximate surface area is 141 Å². The maximum atomic E-state index is 9.64. The zero-order valence-corrected chi connectivity index (χ0v) is 12.6. The van der Waals surface area contributed by atoms with Gasteiger partial charge in [0.1, 0.15) is 0 Å². The van der Waals surface area contributed by atoms with E-state index in [1.807, 2.05) is 0 Å². The van der Waals surface area contributed by atoms with Gasteiger partial charge in [-0.1, -0.05) is 18.2 Å². The second-order valence-electron chi connectivity index (χ2n) is 2.21. The molecule has 0 aromatic heterocycles. The van der Waals surface area contributed by atoms with Gasteiger partial charge in [-0.15, -0.1) is 0 Å². The van der Waals surface area contributed by atoms with Gasteiger partial charge in [-0.05, 0) is 13.0 Å². The molecule has 0 aliphatic carbocycles. The Bertz CT molecular complexity index is 314. The first-order valence-corrected chi connectivity index (χ1v) is 4.04. The van der Waals surface area contributed by atoms with Crippen LogP contribution in [0.15, 0.2) is 36.5 Å². The Hall–Kier alpha value is -0.734. The Morgan fingerprint density at radius 3 is 1.59 bits per heavy atom. The molecule has 88 valence electrons. The third-order valence-corrected chi connectivity index (χ3v) is 0.904.